The molecule has 0 amide bonds. The monoisotopic (exact) mass is 596 g/mol. The number of aromatic nitrogens is 3. The molecule has 0 spiro atoms. The minimum absolute atomic E-state index is 0.124. The molecule has 3 aromatic rings. The van der Waals surface area contributed by atoms with Crippen LogP contribution in [0.15, 0.2) is 57.3 Å². The molecule has 2 aromatic carbocycles. The Morgan fingerprint density at radius 2 is 1.97 bits per heavy atom. The van der Waals surface area contributed by atoms with Crippen LogP contribution in [0.1, 0.15) is 62.8 Å². The highest BCUT2D eigenvalue weighted by Gasteiger charge is 2.42. The number of rotatable bonds is 8. The number of aryl methyl sites for hydroxylation is 1. The van der Waals surface area contributed by atoms with Crippen molar-refractivity contribution < 1.29 is 14.3 Å². The number of fused-ring (bicyclic) bond motifs is 1. The molecule has 2 aliphatic rings. The van der Waals surface area contributed by atoms with Crippen molar-refractivity contribution in [1.82, 2.24) is 14.8 Å². The Kier molecular flexibility index (Phi) is 7.60. The van der Waals surface area contributed by atoms with Crippen LogP contribution in [0.5, 0.6) is 11.5 Å². The number of nitrogens with zero attached hydrogens (tertiary/aromatic N) is 3. The van der Waals surface area contributed by atoms with Gasteiger partial charge < -0.3 is 14.8 Å². The van der Waals surface area contributed by atoms with Crippen LogP contribution in [-0.4, -0.2) is 33.4 Å². The summed E-state index contributed by atoms with van der Waals surface area (Å²) in [5, 5.41) is 8.98. The summed E-state index contributed by atoms with van der Waals surface area (Å²) in [5.41, 5.74) is 4.71. The van der Waals surface area contributed by atoms with Crippen LogP contribution in [0.3, 0.4) is 0 Å². The third kappa shape index (κ3) is 5.36. The molecule has 38 heavy (non-hydrogen) atoms. The summed E-state index contributed by atoms with van der Waals surface area (Å²) >= 11 is 5.34. The lowest BCUT2D eigenvalue weighted by Gasteiger charge is -2.38. The Bertz CT molecular complexity index is 1400. The largest absolute Gasteiger partial charge is 0.493 e. The number of hydrogen-bond donors (Lipinski definition) is 1. The van der Waals surface area contributed by atoms with Gasteiger partial charge >= 0.3 is 0 Å². The van der Waals surface area contributed by atoms with Gasteiger partial charge in [-0.05, 0) is 64.4 Å². The molecular formula is C29H33BrN4O3S. The van der Waals surface area contributed by atoms with E-state index in [1.54, 1.807) is 18.9 Å². The number of nitrogens with one attached hydrogen (secondary N) is 1. The fraction of sp³-hybridized carbons (Fsp3) is 0.414. The van der Waals surface area contributed by atoms with Gasteiger partial charge in [0.15, 0.2) is 17.3 Å². The van der Waals surface area contributed by atoms with Gasteiger partial charge in [-0.15, -0.1) is 5.10 Å². The molecule has 1 aliphatic heterocycles. The lowest BCUT2D eigenvalue weighted by molar-refractivity contribution is -0.118. The molecule has 200 valence electrons. The summed E-state index contributed by atoms with van der Waals surface area (Å²) < 4.78 is 14.6. The molecule has 1 unspecified atom stereocenters. The van der Waals surface area contributed by atoms with Crippen LogP contribution in [0, 0.1) is 12.3 Å². The predicted molar refractivity (Wildman–Crippen MR) is 154 cm³/mol. The third-order valence-electron chi connectivity index (χ3n) is 6.82. The van der Waals surface area contributed by atoms with Gasteiger partial charge in [0.2, 0.25) is 11.1 Å². The first-order valence-corrected chi connectivity index (χ1v) is 14.7. The van der Waals surface area contributed by atoms with Crippen LogP contribution in [-0.2, 0) is 11.4 Å². The molecule has 0 saturated carbocycles. The zero-order valence-electron chi connectivity index (χ0n) is 22.4. The van der Waals surface area contributed by atoms with Crippen LogP contribution >= 0.6 is 27.7 Å². The molecule has 1 atom stereocenters. The number of ether oxygens (including phenoxy) is 2. The average molecular weight is 598 g/mol. The van der Waals surface area contributed by atoms with E-state index in [0.29, 0.717) is 35.6 Å². The Labute approximate surface area is 236 Å². The quantitative estimate of drug-likeness (QED) is 0.278. The molecule has 5 rings (SSSR count). The summed E-state index contributed by atoms with van der Waals surface area (Å²) in [5.74, 6) is 2.93. The summed E-state index contributed by atoms with van der Waals surface area (Å²) in [6.07, 6.45) is 2.29. The molecular weight excluding hydrogens is 564 g/mol. The van der Waals surface area contributed by atoms with Gasteiger partial charge in [0.25, 0.3) is 0 Å². The van der Waals surface area contributed by atoms with E-state index in [9.17, 15) is 4.79 Å². The second-order valence-corrected chi connectivity index (χ2v) is 12.6. The highest BCUT2D eigenvalue weighted by molar-refractivity contribution is 9.10. The van der Waals surface area contributed by atoms with Gasteiger partial charge in [-0.2, -0.15) is 4.98 Å². The van der Waals surface area contributed by atoms with E-state index < -0.39 is 6.04 Å². The van der Waals surface area contributed by atoms with Gasteiger partial charge in [0.1, 0.15) is 12.6 Å². The van der Waals surface area contributed by atoms with E-state index in [2.05, 4.69) is 73.2 Å². The molecule has 1 aliphatic carbocycles. The second-order valence-electron chi connectivity index (χ2n) is 10.7. The number of thioether (sulfide) groups is 1. The average Bonchev–Trinajstić information content (AvgIpc) is 3.27. The molecule has 2 heterocycles. The highest BCUT2D eigenvalue weighted by Crippen LogP contribution is 2.48. The molecule has 0 saturated heterocycles. The summed E-state index contributed by atoms with van der Waals surface area (Å²) in [7, 11) is 1.63. The Balaban J connectivity index is 1.55. The minimum atomic E-state index is -0.412. The van der Waals surface area contributed by atoms with Crippen LogP contribution in [0.2, 0.25) is 0 Å². The third-order valence-corrected chi connectivity index (χ3v) is 8.45. The molecule has 0 bridgehead atoms. The number of ketones is 1. The Morgan fingerprint density at radius 3 is 2.68 bits per heavy atom. The minimum Gasteiger partial charge on any atom is -0.493 e. The maximum atomic E-state index is 13.6. The molecule has 1 N–H and O–H groups in total. The summed E-state index contributed by atoms with van der Waals surface area (Å²) in [4.78, 5) is 18.3. The summed E-state index contributed by atoms with van der Waals surface area (Å²) in [6, 6.07) is 11.8. The van der Waals surface area contributed by atoms with Crippen molar-refractivity contribution >= 4 is 39.4 Å². The van der Waals surface area contributed by atoms with E-state index in [1.807, 2.05) is 16.8 Å². The van der Waals surface area contributed by atoms with Crippen molar-refractivity contribution in [3.8, 4) is 11.5 Å². The van der Waals surface area contributed by atoms with Crippen molar-refractivity contribution in [2.75, 3.05) is 18.2 Å². The Hall–Kier alpha value is -2.78. The standard InChI is InChI=1S/C29H33BrN4O3S/c1-6-11-38-28-32-27-31-21-14-29(3,4)15-22(35)24(21)25(34(27)33-28)19-12-20(30)26(23(13-19)36-5)37-16-18-9-7-17(2)8-10-18/h7-10,12-13,25H,6,11,14-16H2,1-5H3,(H,31,32,33). The number of carbonyl (C=O) groups is 1. The van der Waals surface area contributed by atoms with Gasteiger partial charge in [0.05, 0.1) is 11.6 Å². The number of halogens is 1. The van der Waals surface area contributed by atoms with E-state index in [4.69, 9.17) is 19.6 Å². The molecule has 1 aromatic heterocycles. The lowest BCUT2D eigenvalue weighted by Crippen LogP contribution is -2.36. The highest BCUT2D eigenvalue weighted by atomic mass is 79.9. The number of carbonyl (C=O) groups excluding carboxylic acids is 1. The molecule has 0 fully saturated rings. The van der Waals surface area contributed by atoms with E-state index in [1.165, 1.54) is 5.56 Å². The summed E-state index contributed by atoms with van der Waals surface area (Å²) in [6.45, 7) is 8.88. The number of Topliss-reactive ketones (excluding diaryl/α,β-unsaturated/α-hetero) is 1. The van der Waals surface area contributed by atoms with Crippen molar-refractivity contribution in [3.05, 3.63) is 68.8 Å². The van der Waals surface area contributed by atoms with Crippen LogP contribution in [0.25, 0.3) is 0 Å². The van der Waals surface area contributed by atoms with Crippen molar-refractivity contribution in [3.63, 3.8) is 0 Å². The first-order chi connectivity index (χ1) is 18.2. The lowest BCUT2D eigenvalue weighted by atomic mass is 9.73. The first-order valence-electron chi connectivity index (χ1n) is 12.9. The van der Waals surface area contributed by atoms with Gasteiger partial charge in [0, 0.05) is 23.4 Å². The SMILES string of the molecule is CCCSc1nc2n(n1)C(c1cc(Br)c(OCc3ccc(C)cc3)c(OC)c1)C1=C(CC(C)(C)CC1=O)N2. The van der Waals surface area contributed by atoms with Gasteiger partial charge in [-0.25, -0.2) is 4.68 Å². The molecule has 0 radical (unpaired) electrons. The predicted octanol–water partition coefficient (Wildman–Crippen LogP) is 7.10. The fourth-order valence-corrected chi connectivity index (χ4v) is 6.29. The topological polar surface area (TPSA) is 78.3 Å². The number of benzene rings is 2. The number of anilines is 1. The van der Waals surface area contributed by atoms with Crippen molar-refractivity contribution in [2.24, 2.45) is 5.41 Å². The number of allylic oxidation sites excluding steroid dienone is 2. The molecule has 9 heteroatoms. The zero-order valence-corrected chi connectivity index (χ0v) is 24.8. The smallest absolute Gasteiger partial charge is 0.227 e. The normalized spacial score (nSPS) is 18.1. The second kappa shape index (κ2) is 10.8. The fourth-order valence-electron chi connectivity index (χ4n) is 5.03. The van der Waals surface area contributed by atoms with Crippen molar-refractivity contribution in [2.45, 2.75) is 64.8 Å². The maximum Gasteiger partial charge on any atom is 0.227 e. The van der Waals surface area contributed by atoms with E-state index >= 15 is 0 Å². The van der Waals surface area contributed by atoms with Crippen LogP contribution in [0.4, 0.5) is 5.95 Å². The number of methoxy groups -OCH3 is 1. The first kappa shape index (κ1) is 26.8. The van der Waals surface area contributed by atoms with Crippen molar-refractivity contribution in [1.29, 1.82) is 0 Å². The van der Waals surface area contributed by atoms with Crippen LogP contribution < -0.4 is 14.8 Å². The molecule has 7 nitrogen and oxygen atoms in total. The zero-order chi connectivity index (χ0) is 27.0. The van der Waals surface area contributed by atoms with Gasteiger partial charge in [-0.3, -0.25) is 4.79 Å². The number of hydrogen-bond acceptors (Lipinski definition) is 7. The maximum absolute atomic E-state index is 13.6. The Morgan fingerprint density at radius 1 is 1.21 bits per heavy atom. The van der Waals surface area contributed by atoms with E-state index in [-0.39, 0.29) is 11.2 Å². The van der Waals surface area contributed by atoms with E-state index in [0.717, 1.165) is 45.5 Å². The van der Waals surface area contributed by atoms with Gasteiger partial charge in [-0.1, -0.05) is 62.4 Å².